The molecule has 4 rings (SSSR count). The van der Waals surface area contributed by atoms with Gasteiger partial charge in [0.25, 0.3) is 5.91 Å². The number of nitrogens with zero attached hydrogens (tertiary/aromatic N) is 5. The van der Waals surface area contributed by atoms with Gasteiger partial charge in [0.15, 0.2) is 12.2 Å². The second-order valence-electron chi connectivity index (χ2n) is 7.58. The molecule has 1 aromatic rings. The summed E-state index contributed by atoms with van der Waals surface area (Å²) in [6, 6.07) is 6.31. The number of aliphatic imine (C=N–C) groups is 1. The Morgan fingerprint density at radius 1 is 1.20 bits per heavy atom. The minimum absolute atomic E-state index is 0.134. The summed E-state index contributed by atoms with van der Waals surface area (Å²) in [6.07, 6.45) is 2.25. The smallest absolute Gasteiger partial charge is 0.328 e. The van der Waals surface area contributed by atoms with Crippen molar-refractivity contribution in [2.45, 2.75) is 39.0 Å². The molecule has 0 bridgehead atoms. The van der Waals surface area contributed by atoms with Gasteiger partial charge in [0.2, 0.25) is 5.96 Å². The average Bonchev–Trinajstić information content (AvgIpc) is 3.23. The zero-order chi connectivity index (χ0) is 21.4. The summed E-state index contributed by atoms with van der Waals surface area (Å²) >= 11 is 6.26. The van der Waals surface area contributed by atoms with E-state index in [-0.39, 0.29) is 18.5 Å². The van der Waals surface area contributed by atoms with Crippen LogP contribution in [-0.4, -0.2) is 76.5 Å². The summed E-state index contributed by atoms with van der Waals surface area (Å²) in [5, 5.41) is 0.531. The number of ether oxygens (including phenoxy) is 1. The number of hydrogen-bond acceptors (Lipinski definition) is 6. The maximum atomic E-state index is 13.4. The highest BCUT2D eigenvalue weighted by atomic mass is 35.5. The number of carbonyl (C=O) groups is 2. The molecule has 1 aromatic carbocycles. The van der Waals surface area contributed by atoms with Crippen LogP contribution in [-0.2, 0) is 16.1 Å². The van der Waals surface area contributed by atoms with Gasteiger partial charge < -0.3 is 19.4 Å². The third kappa shape index (κ3) is 3.44. The summed E-state index contributed by atoms with van der Waals surface area (Å²) in [5.74, 6) is 0.452. The number of guanidine groups is 1. The molecule has 3 heterocycles. The first-order valence-corrected chi connectivity index (χ1v) is 10.5. The average molecular weight is 432 g/mol. The highest BCUT2D eigenvalue weighted by Gasteiger charge is 2.54. The van der Waals surface area contributed by atoms with Gasteiger partial charge >= 0.3 is 6.03 Å². The Morgan fingerprint density at radius 2 is 1.97 bits per heavy atom. The number of urea groups is 1. The first-order valence-electron chi connectivity index (χ1n) is 10.2. The zero-order valence-electron chi connectivity index (χ0n) is 17.4. The predicted molar refractivity (Wildman–Crippen MR) is 114 cm³/mol. The van der Waals surface area contributed by atoms with Crippen LogP contribution in [0.4, 0.5) is 4.79 Å². The van der Waals surface area contributed by atoms with Crippen LogP contribution in [0.15, 0.2) is 41.2 Å². The Balaban J connectivity index is 1.55. The van der Waals surface area contributed by atoms with Crippen molar-refractivity contribution < 1.29 is 14.3 Å². The van der Waals surface area contributed by atoms with E-state index in [1.165, 1.54) is 9.80 Å². The number of halogens is 1. The molecule has 0 aliphatic carbocycles. The van der Waals surface area contributed by atoms with Gasteiger partial charge in [0, 0.05) is 43.7 Å². The predicted octanol–water partition coefficient (Wildman–Crippen LogP) is 2.70. The zero-order valence-corrected chi connectivity index (χ0v) is 18.2. The van der Waals surface area contributed by atoms with Crippen LogP contribution in [0.2, 0.25) is 5.02 Å². The molecule has 3 amide bonds. The van der Waals surface area contributed by atoms with E-state index < -0.39 is 12.2 Å². The van der Waals surface area contributed by atoms with Crippen molar-refractivity contribution in [3.8, 4) is 0 Å². The maximum absolute atomic E-state index is 13.4. The van der Waals surface area contributed by atoms with Crippen molar-refractivity contribution in [1.82, 2.24) is 19.6 Å². The van der Waals surface area contributed by atoms with E-state index in [1.54, 1.807) is 13.1 Å². The number of hydrogen-bond donors (Lipinski definition) is 0. The van der Waals surface area contributed by atoms with Gasteiger partial charge in [-0.15, -0.1) is 0 Å². The maximum Gasteiger partial charge on any atom is 0.328 e. The summed E-state index contributed by atoms with van der Waals surface area (Å²) in [5.41, 5.74) is 1.76. The lowest BCUT2D eigenvalue weighted by Gasteiger charge is -2.40. The normalized spacial score (nSPS) is 23.1. The molecule has 1 saturated heterocycles. The molecule has 160 valence electrons. The van der Waals surface area contributed by atoms with Crippen molar-refractivity contribution in [3.05, 3.63) is 46.7 Å². The second kappa shape index (κ2) is 8.28. The van der Waals surface area contributed by atoms with Gasteiger partial charge in [-0.2, -0.15) is 0 Å². The number of fused-ring (bicyclic) bond motifs is 3. The number of likely N-dealkylation sites (N-methyl/N-ethyl adjacent to an activating group) is 1. The van der Waals surface area contributed by atoms with E-state index >= 15 is 0 Å². The molecule has 3 aliphatic heterocycles. The molecule has 1 fully saturated rings. The van der Waals surface area contributed by atoms with Crippen LogP contribution in [0.5, 0.6) is 0 Å². The summed E-state index contributed by atoms with van der Waals surface area (Å²) in [7, 11) is 1.69. The number of carbonyl (C=O) groups excluding carboxylic acids is 2. The standard InChI is InChI=1S/C21H26ClN5O3/c1-4-30-11-7-10-25-14(2)12-26-17-18(23-20(25)26)24(3)21(29)27(19(17)28)13-15-8-5-6-9-16(15)22/h5-6,8-9,12,17-18H,4,7,10-11,13H2,1-3H3. The van der Waals surface area contributed by atoms with Gasteiger partial charge in [-0.25, -0.2) is 9.79 Å². The number of imide groups is 1. The molecule has 2 atom stereocenters. The van der Waals surface area contributed by atoms with Crippen molar-refractivity contribution >= 4 is 29.5 Å². The summed E-state index contributed by atoms with van der Waals surface area (Å²) in [6.45, 7) is 6.21. The minimum atomic E-state index is -0.572. The van der Waals surface area contributed by atoms with Crippen LogP contribution in [0.25, 0.3) is 0 Å². The molecule has 0 N–H and O–H groups in total. The molecule has 0 radical (unpaired) electrons. The lowest BCUT2D eigenvalue weighted by Crippen LogP contribution is -2.63. The molecule has 8 nitrogen and oxygen atoms in total. The van der Waals surface area contributed by atoms with Crippen LogP contribution in [0, 0.1) is 0 Å². The van der Waals surface area contributed by atoms with Crippen LogP contribution >= 0.6 is 11.6 Å². The molecule has 2 unspecified atom stereocenters. The molecular formula is C21H26ClN5O3. The Kier molecular flexibility index (Phi) is 5.71. The Hall–Kier alpha value is -2.58. The first-order chi connectivity index (χ1) is 14.4. The third-order valence-corrected chi connectivity index (χ3v) is 6.03. The van der Waals surface area contributed by atoms with Crippen LogP contribution < -0.4 is 0 Å². The second-order valence-corrected chi connectivity index (χ2v) is 7.98. The topological polar surface area (TPSA) is 68.7 Å². The van der Waals surface area contributed by atoms with Gasteiger partial charge in [0.05, 0.1) is 6.54 Å². The number of rotatable bonds is 7. The Labute approximate surface area is 181 Å². The van der Waals surface area contributed by atoms with Gasteiger partial charge in [0.1, 0.15) is 0 Å². The number of benzene rings is 1. The first kappa shape index (κ1) is 20.7. The van der Waals surface area contributed by atoms with E-state index in [2.05, 4.69) is 4.90 Å². The molecule has 30 heavy (non-hydrogen) atoms. The molecular weight excluding hydrogens is 406 g/mol. The van der Waals surface area contributed by atoms with E-state index in [1.807, 2.05) is 43.1 Å². The molecule has 0 spiro atoms. The number of allylic oxidation sites excluding steroid dienone is 1. The van der Waals surface area contributed by atoms with Gasteiger partial charge in [-0.05, 0) is 31.9 Å². The minimum Gasteiger partial charge on any atom is -0.382 e. The monoisotopic (exact) mass is 431 g/mol. The van der Waals surface area contributed by atoms with E-state index in [4.69, 9.17) is 21.3 Å². The van der Waals surface area contributed by atoms with Crippen molar-refractivity contribution in [2.75, 3.05) is 26.8 Å². The largest absolute Gasteiger partial charge is 0.382 e. The highest BCUT2D eigenvalue weighted by molar-refractivity contribution is 6.31. The molecule has 9 heteroatoms. The van der Waals surface area contributed by atoms with Crippen molar-refractivity contribution in [2.24, 2.45) is 4.99 Å². The quantitative estimate of drug-likeness (QED) is 0.621. The van der Waals surface area contributed by atoms with Gasteiger partial charge in [-0.3, -0.25) is 9.69 Å². The van der Waals surface area contributed by atoms with Crippen molar-refractivity contribution in [3.63, 3.8) is 0 Å². The van der Waals surface area contributed by atoms with E-state index in [9.17, 15) is 9.59 Å². The lowest BCUT2D eigenvalue weighted by molar-refractivity contribution is -0.137. The number of amides is 3. The fourth-order valence-corrected chi connectivity index (χ4v) is 4.29. The van der Waals surface area contributed by atoms with E-state index in [0.29, 0.717) is 24.2 Å². The fourth-order valence-electron chi connectivity index (χ4n) is 4.09. The molecule has 3 aliphatic rings. The summed E-state index contributed by atoms with van der Waals surface area (Å²) < 4.78 is 5.44. The van der Waals surface area contributed by atoms with E-state index in [0.717, 1.165) is 24.2 Å². The van der Waals surface area contributed by atoms with Crippen molar-refractivity contribution in [1.29, 1.82) is 0 Å². The lowest BCUT2D eigenvalue weighted by atomic mass is 10.1. The van der Waals surface area contributed by atoms with Crippen LogP contribution in [0.1, 0.15) is 25.8 Å². The Bertz CT molecular complexity index is 918. The third-order valence-electron chi connectivity index (χ3n) is 5.66. The highest BCUT2D eigenvalue weighted by Crippen LogP contribution is 2.34. The Morgan fingerprint density at radius 3 is 2.70 bits per heavy atom. The SMILES string of the molecule is CCOCCCN1C(C)=CN2C1=NC1C2C(=O)N(Cc2ccccc2Cl)C(=O)N1C. The van der Waals surface area contributed by atoms with Crippen LogP contribution in [0.3, 0.4) is 0 Å². The molecule has 0 aromatic heterocycles. The summed E-state index contributed by atoms with van der Waals surface area (Å²) in [4.78, 5) is 37.9. The molecule has 0 saturated carbocycles. The fraction of sp³-hybridized carbons (Fsp3) is 0.476. The van der Waals surface area contributed by atoms with Gasteiger partial charge in [-0.1, -0.05) is 29.8 Å².